The van der Waals surface area contributed by atoms with Gasteiger partial charge in [-0.3, -0.25) is 14.6 Å². The van der Waals surface area contributed by atoms with Crippen molar-refractivity contribution in [2.24, 2.45) is 0 Å². The molecule has 3 rings (SSSR count). The van der Waals surface area contributed by atoms with Crippen LogP contribution >= 0.6 is 0 Å². The predicted molar refractivity (Wildman–Crippen MR) is 112 cm³/mol. The molecule has 1 amide bonds. The lowest BCUT2D eigenvalue weighted by molar-refractivity contribution is -0.116. The maximum atomic E-state index is 12.2. The van der Waals surface area contributed by atoms with Crippen LogP contribution in [0.1, 0.15) is 30.1 Å². The molecule has 0 bridgehead atoms. The van der Waals surface area contributed by atoms with Gasteiger partial charge in [0.2, 0.25) is 5.91 Å². The van der Waals surface area contributed by atoms with Gasteiger partial charge in [0.05, 0.1) is 17.9 Å². The first-order chi connectivity index (χ1) is 14.6. The Bertz CT molecular complexity index is 1060. The van der Waals surface area contributed by atoms with E-state index in [4.69, 9.17) is 4.74 Å². The van der Waals surface area contributed by atoms with Crippen LogP contribution in [0.5, 0.6) is 0 Å². The lowest BCUT2D eigenvalue weighted by Gasteiger charge is -2.08. The molecule has 8 nitrogen and oxygen atoms in total. The number of carbonyl (C=O) groups excluding carboxylic acids is 2. The third-order valence-electron chi connectivity index (χ3n) is 4.28. The van der Waals surface area contributed by atoms with Crippen LogP contribution in [0.15, 0.2) is 65.7 Å². The van der Waals surface area contributed by atoms with Gasteiger partial charge in [0.25, 0.3) is 5.56 Å². The van der Waals surface area contributed by atoms with Crippen LogP contribution in [0.3, 0.4) is 0 Å². The summed E-state index contributed by atoms with van der Waals surface area (Å²) < 4.78 is 6.28. The van der Waals surface area contributed by atoms with Gasteiger partial charge in [0, 0.05) is 42.7 Å². The lowest BCUT2D eigenvalue weighted by atomic mass is 10.2. The van der Waals surface area contributed by atoms with E-state index in [0.717, 1.165) is 5.56 Å². The number of aryl methyl sites for hydroxylation is 1. The summed E-state index contributed by atoms with van der Waals surface area (Å²) in [6.07, 6.45) is 4.03. The molecule has 0 radical (unpaired) electrons. The SMILES string of the molecule is CCOC(=O)c1ccc(NC(=O)CCCn2nc(-c3cccnc3)ccc2=O)cc1. The molecular weight excluding hydrogens is 384 g/mol. The molecule has 1 aromatic carbocycles. The number of anilines is 1. The van der Waals surface area contributed by atoms with Crippen molar-refractivity contribution in [3.63, 3.8) is 0 Å². The summed E-state index contributed by atoms with van der Waals surface area (Å²) in [6, 6.07) is 13.3. The zero-order valence-electron chi connectivity index (χ0n) is 16.6. The van der Waals surface area contributed by atoms with E-state index in [1.807, 2.05) is 6.07 Å². The smallest absolute Gasteiger partial charge is 0.338 e. The molecule has 0 fully saturated rings. The van der Waals surface area contributed by atoms with E-state index in [0.29, 0.717) is 36.5 Å². The van der Waals surface area contributed by atoms with Crippen LogP contribution in [-0.4, -0.2) is 33.2 Å². The van der Waals surface area contributed by atoms with Crippen LogP contribution in [0.4, 0.5) is 5.69 Å². The first kappa shape index (κ1) is 20.9. The van der Waals surface area contributed by atoms with Crippen molar-refractivity contribution in [3.05, 3.63) is 76.8 Å². The maximum Gasteiger partial charge on any atom is 0.338 e. The molecule has 2 aromatic heterocycles. The summed E-state index contributed by atoms with van der Waals surface area (Å²) >= 11 is 0. The number of esters is 1. The molecule has 3 aromatic rings. The summed E-state index contributed by atoms with van der Waals surface area (Å²) in [7, 11) is 0. The van der Waals surface area contributed by atoms with Gasteiger partial charge in [-0.1, -0.05) is 0 Å². The van der Waals surface area contributed by atoms with E-state index < -0.39 is 5.97 Å². The lowest BCUT2D eigenvalue weighted by Crippen LogP contribution is -2.23. The Balaban J connectivity index is 1.53. The number of carbonyl (C=O) groups is 2. The zero-order chi connectivity index (χ0) is 21.3. The van der Waals surface area contributed by atoms with Gasteiger partial charge in [0.1, 0.15) is 0 Å². The van der Waals surface area contributed by atoms with E-state index in [1.54, 1.807) is 55.7 Å². The topological polar surface area (TPSA) is 103 Å². The highest BCUT2D eigenvalue weighted by molar-refractivity contribution is 5.93. The number of amides is 1. The van der Waals surface area contributed by atoms with Crippen molar-refractivity contribution in [1.29, 1.82) is 0 Å². The largest absolute Gasteiger partial charge is 0.462 e. The van der Waals surface area contributed by atoms with Crippen LogP contribution in [0.25, 0.3) is 11.3 Å². The monoisotopic (exact) mass is 406 g/mol. The third-order valence-corrected chi connectivity index (χ3v) is 4.28. The number of pyridine rings is 1. The van der Waals surface area contributed by atoms with Gasteiger partial charge in [-0.25, -0.2) is 9.48 Å². The molecule has 0 saturated heterocycles. The minimum absolute atomic E-state index is 0.185. The molecule has 8 heteroatoms. The molecule has 154 valence electrons. The average molecular weight is 406 g/mol. The second-order valence-corrected chi connectivity index (χ2v) is 6.47. The summed E-state index contributed by atoms with van der Waals surface area (Å²) in [5.74, 6) is -0.586. The molecule has 0 aliphatic rings. The van der Waals surface area contributed by atoms with E-state index in [2.05, 4.69) is 15.4 Å². The highest BCUT2D eigenvalue weighted by Crippen LogP contribution is 2.13. The van der Waals surface area contributed by atoms with Crippen molar-refractivity contribution in [1.82, 2.24) is 14.8 Å². The molecule has 0 saturated carbocycles. The number of nitrogens with one attached hydrogen (secondary N) is 1. The van der Waals surface area contributed by atoms with Crippen molar-refractivity contribution < 1.29 is 14.3 Å². The molecule has 0 aliphatic carbocycles. The summed E-state index contributed by atoms with van der Waals surface area (Å²) in [4.78, 5) is 39.9. The van der Waals surface area contributed by atoms with E-state index in [9.17, 15) is 14.4 Å². The molecule has 0 atom stereocenters. The fourth-order valence-electron chi connectivity index (χ4n) is 2.79. The zero-order valence-corrected chi connectivity index (χ0v) is 16.6. The van der Waals surface area contributed by atoms with Crippen molar-refractivity contribution in [2.45, 2.75) is 26.3 Å². The van der Waals surface area contributed by atoms with Gasteiger partial charge >= 0.3 is 5.97 Å². The first-order valence-corrected chi connectivity index (χ1v) is 9.62. The average Bonchev–Trinajstić information content (AvgIpc) is 2.76. The van der Waals surface area contributed by atoms with Crippen molar-refractivity contribution in [2.75, 3.05) is 11.9 Å². The Morgan fingerprint density at radius 1 is 1.10 bits per heavy atom. The number of hydrogen-bond donors (Lipinski definition) is 1. The van der Waals surface area contributed by atoms with Crippen molar-refractivity contribution in [3.8, 4) is 11.3 Å². The minimum atomic E-state index is -0.401. The Labute approximate surface area is 173 Å². The molecule has 1 N–H and O–H groups in total. The van der Waals surface area contributed by atoms with E-state index in [1.165, 1.54) is 10.7 Å². The first-order valence-electron chi connectivity index (χ1n) is 9.62. The van der Waals surface area contributed by atoms with Crippen LogP contribution in [-0.2, 0) is 16.1 Å². The van der Waals surface area contributed by atoms with E-state index >= 15 is 0 Å². The van der Waals surface area contributed by atoms with Gasteiger partial charge in [-0.2, -0.15) is 5.10 Å². The number of ether oxygens (including phenoxy) is 1. The van der Waals surface area contributed by atoms with Crippen LogP contribution in [0, 0.1) is 0 Å². The van der Waals surface area contributed by atoms with Gasteiger partial charge in [-0.05, 0) is 55.8 Å². The quantitative estimate of drug-likeness (QED) is 0.577. The number of hydrogen-bond acceptors (Lipinski definition) is 6. The van der Waals surface area contributed by atoms with Crippen molar-refractivity contribution >= 4 is 17.6 Å². The standard InChI is InChI=1S/C22H22N4O4/c1-2-30-22(29)16-7-9-18(10-8-16)24-20(27)6-4-14-26-21(28)12-11-19(25-26)17-5-3-13-23-15-17/h3,5,7-13,15H,2,4,6,14H2,1H3,(H,24,27). The normalized spacial score (nSPS) is 10.4. The molecule has 30 heavy (non-hydrogen) atoms. The summed E-state index contributed by atoms with van der Waals surface area (Å²) in [5, 5.41) is 7.12. The van der Waals surface area contributed by atoms with Gasteiger partial charge < -0.3 is 10.1 Å². The van der Waals surface area contributed by atoms with Gasteiger partial charge in [0.15, 0.2) is 0 Å². The van der Waals surface area contributed by atoms with Crippen LogP contribution < -0.4 is 10.9 Å². The molecular formula is C22H22N4O4. The van der Waals surface area contributed by atoms with E-state index in [-0.39, 0.29) is 17.9 Å². The number of benzene rings is 1. The fraction of sp³-hybridized carbons (Fsp3) is 0.227. The number of aromatic nitrogens is 3. The van der Waals surface area contributed by atoms with Crippen LogP contribution in [0.2, 0.25) is 0 Å². The number of rotatable bonds is 8. The molecule has 2 heterocycles. The Hall–Kier alpha value is -3.81. The Morgan fingerprint density at radius 2 is 1.90 bits per heavy atom. The minimum Gasteiger partial charge on any atom is -0.462 e. The highest BCUT2D eigenvalue weighted by atomic mass is 16.5. The molecule has 0 aliphatic heterocycles. The highest BCUT2D eigenvalue weighted by Gasteiger charge is 2.08. The fourth-order valence-corrected chi connectivity index (χ4v) is 2.79. The Kier molecular flexibility index (Phi) is 7.05. The number of nitrogens with zero attached hydrogens (tertiary/aromatic N) is 3. The molecule has 0 unspecified atom stereocenters. The summed E-state index contributed by atoms with van der Waals surface area (Å²) in [5.41, 5.74) is 2.25. The third kappa shape index (κ3) is 5.60. The summed E-state index contributed by atoms with van der Waals surface area (Å²) in [6.45, 7) is 2.37. The van der Waals surface area contributed by atoms with Gasteiger partial charge in [-0.15, -0.1) is 0 Å². The maximum absolute atomic E-state index is 12.2. The second-order valence-electron chi connectivity index (χ2n) is 6.47. The predicted octanol–water partition coefficient (Wildman–Crippen LogP) is 2.90. The Morgan fingerprint density at radius 3 is 2.60 bits per heavy atom. The molecule has 0 spiro atoms. The second kappa shape index (κ2) is 10.1.